The van der Waals surface area contributed by atoms with Gasteiger partial charge in [-0.15, -0.1) is 0 Å². The third kappa shape index (κ3) is 3.25. The Morgan fingerprint density at radius 2 is 1.77 bits per heavy atom. The number of nitrogens with one attached hydrogen (secondary N) is 1. The van der Waals surface area contributed by atoms with Crippen molar-refractivity contribution in [1.29, 1.82) is 0 Å². The Morgan fingerprint density at radius 3 is 2.50 bits per heavy atom. The maximum atomic E-state index is 13.2. The number of halogens is 1. The zero-order valence-corrected chi connectivity index (χ0v) is 17.2. The average molecular weight is 422 g/mol. The van der Waals surface area contributed by atoms with Gasteiger partial charge in [-0.1, -0.05) is 29.8 Å². The number of methoxy groups -OCH3 is 1. The summed E-state index contributed by atoms with van der Waals surface area (Å²) < 4.78 is 16.1. The summed E-state index contributed by atoms with van der Waals surface area (Å²) >= 11 is 6.42. The number of benzene rings is 3. The molecule has 3 aromatic rings. The van der Waals surface area contributed by atoms with Crippen molar-refractivity contribution in [2.24, 2.45) is 0 Å². The van der Waals surface area contributed by atoms with E-state index >= 15 is 0 Å². The van der Waals surface area contributed by atoms with E-state index in [0.717, 1.165) is 41.0 Å². The van der Waals surface area contributed by atoms with Gasteiger partial charge in [-0.05, 0) is 66.4 Å². The highest BCUT2D eigenvalue weighted by Gasteiger charge is 2.51. The van der Waals surface area contributed by atoms with Gasteiger partial charge >= 0.3 is 0 Å². The zero-order chi connectivity index (χ0) is 20.7. The number of carbonyl (C=O) groups excluding carboxylic acids is 1. The van der Waals surface area contributed by atoms with E-state index in [2.05, 4.69) is 5.32 Å². The minimum atomic E-state index is -0.527. The highest BCUT2D eigenvalue weighted by molar-refractivity contribution is 6.33. The summed E-state index contributed by atoms with van der Waals surface area (Å²) in [6.45, 7) is 0.219. The van der Waals surface area contributed by atoms with Crippen LogP contribution in [0.2, 0.25) is 5.02 Å². The van der Waals surface area contributed by atoms with Crippen LogP contribution in [0.3, 0.4) is 0 Å². The molecule has 1 aliphatic carbocycles. The Balaban J connectivity index is 1.39. The summed E-state index contributed by atoms with van der Waals surface area (Å²) in [6, 6.07) is 18.9. The van der Waals surface area contributed by atoms with Crippen molar-refractivity contribution in [3.05, 3.63) is 71.2 Å². The SMILES string of the molecule is COc1ccc(-c2cc(NC(=O)C3(c4ccc5c(c4)OCO5)CC3)ccc2Cl)cc1. The summed E-state index contributed by atoms with van der Waals surface area (Å²) in [6.07, 6.45) is 1.61. The van der Waals surface area contributed by atoms with E-state index in [9.17, 15) is 4.79 Å². The Hall–Kier alpha value is -3.18. The van der Waals surface area contributed by atoms with Gasteiger partial charge in [-0.25, -0.2) is 0 Å². The number of rotatable bonds is 5. The number of hydrogen-bond donors (Lipinski definition) is 1. The van der Waals surface area contributed by atoms with E-state index in [1.54, 1.807) is 13.2 Å². The molecular formula is C24H20ClNO4. The van der Waals surface area contributed by atoms with Gasteiger partial charge in [-0.2, -0.15) is 0 Å². The highest BCUT2D eigenvalue weighted by atomic mass is 35.5. The smallest absolute Gasteiger partial charge is 0.235 e. The van der Waals surface area contributed by atoms with Crippen molar-refractivity contribution in [1.82, 2.24) is 0 Å². The number of hydrogen-bond acceptors (Lipinski definition) is 4. The standard InChI is InChI=1S/C24H20ClNO4/c1-28-18-6-2-15(3-7-18)19-13-17(5-8-20(19)25)26-23(27)24(10-11-24)16-4-9-21-22(12-16)30-14-29-21/h2-9,12-13H,10-11,14H2,1H3,(H,26,27). The van der Waals surface area contributed by atoms with Crippen molar-refractivity contribution >= 4 is 23.2 Å². The number of amides is 1. The van der Waals surface area contributed by atoms with E-state index < -0.39 is 5.41 Å². The third-order valence-corrected chi connectivity index (χ3v) is 6.06. The first kappa shape index (κ1) is 18.8. The van der Waals surface area contributed by atoms with Gasteiger partial charge in [0.15, 0.2) is 11.5 Å². The molecule has 6 heteroatoms. The highest BCUT2D eigenvalue weighted by Crippen LogP contribution is 2.51. The van der Waals surface area contributed by atoms with Gasteiger partial charge in [0.1, 0.15) is 5.75 Å². The van der Waals surface area contributed by atoms with E-state index in [1.165, 1.54) is 0 Å². The molecular weight excluding hydrogens is 402 g/mol. The molecule has 152 valence electrons. The topological polar surface area (TPSA) is 56.8 Å². The van der Waals surface area contributed by atoms with Gasteiger partial charge in [0.05, 0.1) is 12.5 Å². The second-order valence-electron chi connectivity index (χ2n) is 7.53. The van der Waals surface area contributed by atoms with Crippen LogP contribution in [0.1, 0.15) is 18.4 Å². The van der Waals surface area contributed by atoms with Crippen molar-refractivity contribution in [3.63, 3.8) is 0 Å². The summed E-state index contributed by atoms with van der Waals surface area (Å²) in [5.41, 5.74) is 2.94. The van der Waals surface area contributed by atoms with Crippen molar-refractivity contribution in [3.8, 4) is 28.4 Å². The van der Waals surface area contributed by atoms with E-state index in [4.69, 9.17) is 25.8 Å². The Morgan fingerprint density at radius 1 is 1.00 bits per heavy atom. The summed E-state index contributed by atoms with van der Waals surface area (Å²) in [5.74, 6) is 2.17. The maximum Gasteiger partial charge on any atom is 0.235 e. The lowest BCUT2D eigenvalue weighted by Gasteiger charge is -2.17. The molecule has 0 spiro atoms. The fourth-order valence-corrected chi connectivity index (χ4v) is 4.04. The predicted molar refractivity (Wildman–Crippen MR) is 116 cm³/mol. The Bertz CT molecular complexity index is 1120. The summed E-state index contributed by atoms with van der Waals surface area (Å²) in [5, 5.41) is 3.70. The lowest BCUT2D eigenvalue weighted by Crippen LogP contribution is -2.27. The molecule has 1 heterocycles. The quantitative estimate of drug-likeness (QED) is 0.598. The molecule has 0 radical (unpaired) electrons. The van der Waals surface area contributed by atoms with Crippen LogP contribution in [0.25, 0.3) is 11.1 Å². The number of fused-ring (bicyclic) bond motifs is 1. The summed E-state index contributed by atoms with van der Waals surface area (Å²) in [4.78, 5) is 13.2. The van der Waals surface area contributed by atoms with Gasteiger partial charge in [0.25, 0.3) is 0 Å². The predicted octanol–water partition coefficient (Wildman–Crippen LogP) is 5.41. The van der Waals surface area contributed by atoms with E-state index in [-0.39, 0.29) is 12.7 Å². The molecule has 5 nitrogen and oxygen atoms in total. The van der Waals surface area contributed by atoms with Crippen LogP contribution in [-0.2, 0) is 10.2 Å². The first-order valence-electron chi connectivity index (χ1n) is 9.75. The number of carbonyl (C=O) groups is 1. The van der Waals surface area contributed by atoms with Gasteiger partial charge in [-0.3, -0.25) is 4.79 Å². The minimum absolute atomic E-state index is 0.0237. The first-order valence-corrected chi connectivity index (χ1v) is 10.1. The van der Waals surface area contributed by atoms with Crippen LogP contribution in [0, 0.1) is 0 Å². The number of anilines is 1. The van der Waals surface area contributed by atoms with Gasteiger partial charge in [0.2, 0.25) is 12.7 Å². The van der Waals surface area contributed by atoms with Crippen LogP contribution < -0.4 is 19.5 Å². The Labute approximate surface area is 179 Å². The Kier molecular flexibility index (Phi) is 4.55. The lowest BCUT2D eigenvalue weighted by atomic mass is 9.94. The molecule has 1 N–H and O–H groups in total. The second kappa shape index (κ2) is 7.26. The fourth-order valence-electron chi connectivity index (χ4n) is 3.81. The molecule has 0 bridgehead atoms. The van der Waals surface area contributed by atoms with Gasteiger partial charge in [0, 0.05) is 16.3 Å². The van der Waals surface area contributed by atoms with Crippen molar-refractivity contribution < 1.29 is 19.0 Å². The molecule has 30 heavy (non-hydrogen) atoms. The summed E-state index contributed by atoms with van der Waals surface area (Å²) in [7, 11) is 1.63. The number of ether oxygens (including phenoxy) is 3. The largest absolute Gasteiger partial charge is 0.497 e. The van der Waals surface area contributed by atoms with Crippen LogP contribution >= 0.6 is 11.6 Å². The maximum absolute atomic E-state index is 13.2. The molecule has 5 rings (SSSR count). The molecule has 0 aromatic heterocycles. The van der Waals surface area contributed by atoms with Crippen LogP contribution in [0.4, 0.5) is 5.69 Å². The fraction of sp³-hybridized carbons (Fsp3) is 0.208. The van der Waals surface area contributed by atoms with Crippen molar-refractivity contribution in [2.45, 2.75) is 18.3 Å². The molecule has 1 amide bonds. The average Bonchev–Trinajstić information content (AvgIpc) is 3.46. The molecule has 0 saturated heterocycles. The van der Waals surface area contributed by atoms with Crippen LogP contribution in [0.5, 0.6) is 17.2 Å². The zero-order valence-electron chi connectivity index (χ0n) is 16.4. The van der Waals surface area contributed by atoms with E-state index in [1.807, 2.05) is 54.6 Å². The lowest BCUT2D eigenvalue weighted by molar-refractivity contribution is -0.118. The van der Waals surface area contributed by atoms with Crippen LogP contribution in [0.15, 0.2) is 60.7 Å². The molecule has 1 aliphatic heterocycles. The molecule has 2 aliphatic rings. The molecule has 3 aromatic carbocycles. The first-order chi connectivity index (χ1) is 14.6. The molecule has 0 atom stereocenters. The normalized spacial score (nSPS) is 15.5. The third-order valence-electron chi connectivity index (χ3n) is 5.74. The van der Waals surface area contributed by atoms with Crippen LogP contribution in [-0.4, -0.2) is 19.8 Å². The molecule has 0 unspecified atom stereocenters. The molecule has 1 saturated carbocycles. The monoisotopic (exact) mass is 421 g/mol. The molecule has 1 fully saturated rings. The van der Waals surface area contributed by atoms with Gasteiger partial charge < -0.3 is 19.5 Å². The minimum Gasteiger partial charge on any atom is -0.497 e. The van der Waals surface area contributed by atoms with Crippen molar-refractivity contribution in [2.75, 3.05) is 19.2 Å². The van der Waals surface area contributed by atoms with E-state index in [0.29, 0.717) is 16.5 Å². The second-order valence-corrected chi connectivity index (χ2v) is 7.93.